The summed E-state index contributed by atoms with van der Waals surface area (Å²) in [5.41, 5.74) is 0.344. The number of hydrogen-bond acceptors (Lipinski definition) is 5. The van der Waals surface area contributed by atoms with Gasteiger partial charge in [0, 0.05) is 30.0 Å². The predicted octanol–water partition coefficient (Wildman–Crippen LogP) is 2.39. The topological polar surface area (TPSA) is 41.1 Å². The molecule has 1 N–H and O–H groups in total. The Morgan fingerprint density at radius 1 is 1.41 bits per heavy atom. The second-order valence-corrected chi connectivity index (χ2v) is 5.84. The minimum atomic E-state index is 0.344. The molecular formula is C12H22N4S. The summed E-state index contributed by atoms with van der Waals surface area (Å²) in [4.78, 5) is 6.84. The SMILES string of the molecule is CCCc1nsc(NCC2(N(C)C)CCC2)n1. The molecule has 1 aromatic rings. The van der Waals surface area contributed by atoms with Gasteiger partial charge in [-0.15, -0.1) is 0 Å². The van der Waals surface area contributed by atoms with E-state index in [4.69, 9.17) is 0 Å². The highest BCUT2D eigenvalue weighted by Crippen LogP contribution is 2.36. The van der Waals surface area contributed by atoms with Gasteiger partial charge in [-0.1, -0.05) is 6.92 Å². The van der Waals surface area contributed by atoms with Crippen molar-refractivity contribution >= 4 is 16.7 Å². The van der Waals surface area contributed by atoms with E-state index in [1.54, 1.807) is 0 Å². The fraction of sp³-hybridized carbons (Fsp3) is 0.833. The number of anilines is 1. The number of aryl methyl sites for hydroxylation is 1. The van der Waals surface area contributed by atoms with Crippen molar-refractivity contribution in [1.29, 1.82) is 0 Å². The Morgan fingerprint density at radius 2 is 2.18 bits per heavy atom. The average Bonchev–Trinajstić information content (AvgIpc) is 2.64. The fourth-order valence-electron chi connectivity index (χ4n) is 2.26. The van der Waals surface area contributed by atoms with Gasteiger partial charge in [0.05, 0.1) is 0 Å². The molecule has 0 radical (unpaired) electrons. The van der Waals surface area contributed by atoms with E-state index in [-0.39, 0.29) is 0 Å². The quantitative estimate of drug-likeness (QED) is 0.846. The standard InChI is InChI=1S/C12H22N4S/c1-4-6-10-14-11(17-15-10)13-9-12(16(2)3)7-5-8-12/h4-9H2,1-3H3,(H,13,14,15). The summed E-state index contributed by atoms with van der Waals surface area (Å²) in [5.74, 6) is 0.979. The number of likely N-dealkylation sites (N-methyl/N-ethyl adjacent to an activating group) is 1. The summed E-state index contributed by atoms with van der Waals surface area (Å²) in [7, 11) is 4.34. The van der Waals surface area contributed by atoms with Crippen molar-refractivity contribution in [2.45, 2.75) is 44.6 Å². The van der Waals surface area contributed by atoms with Crippen LogP contribution in [0, 0.1) is 0 Å². The van der Waals surface area contributed by atoms with Crippen LogP contribution in [0.15, 0.2) is 0 Å². The third-order valence-electron chi connectivity index (χ3n) is 3.74. The number of aromatic nitrogens is 2. The first-order valence-electron chi connectivity index (χ1n) is 6.40. The molecule has 0 unspecified atom stereocenters. The van der Waals surface area contributed by atoms with E-state index in [0.29, 0.717) is 5.54 Å². The highest BCUT2D eigenvalue weighted by atomic mass is 32.1. The number of nitrogens with zero attached hydrogens (tertiary/aromatic N) is 3. The molecule has 1 fully saturated rings. The summed E-state index contributed by atoms with van der Waals surface area (Å²) in [5, 5.41) is 4.42. The lowest BCUT2D eigenvalue weighted by atomic mass is 9.75. The molecule has 1 heterocycles. The fourth-order valence-corrected chi connectivity index (χ4v) is 2.86. The van der Waals surface area contributed by atoms with Gasteiger partial charge in [-0.3, -0.25) is 0 Å². The Balaban J connectivity index is 1.88. The molecule has 0 aromatic carbocycles. The monoisotopic (exact) mass is 254 g/mol. The molecular weight excluding hydrogens is 232 g/mol. The number of nitrogens with one attached hydrogen (secondary N) is 1. The summed E-state index contributed by atoms with van der Waals surface area (Å²) in [6, 6.07) is 0. The number of hydrogen-bond donors (Lipinski definition) is 1. The van der Waals surface area contributed by atoms with Gasteiger partial charge in [0.1, 0.15) is 5.82 Å². The smallest absolute Gasteiger partial charge is 0.202 e. The van der Waals surface area contributed by atoms with Crippen molar-refractivity contribution in [2.24, 2.45) is 0 Å². The van der Waals surface area contributed by atoms with Gasteiger partial charge in [-0.25, -0.2) is 4.98 Å². The molecule has 0 aliphatic heterocycles. The van der Waals surface area contributed by atoms with E-state index < -0.39 is 0 Å². The normalized spacial score (nSPS) is 18.1. The highest BCUT2D eigenvalue weighted by molar-refractivity contribution is 7.09. The first kappa shape index (κ1) is 12.8. The van der Waals surface area contributed by atoms with Crippen molar-refractivity contribution in [2.75, 3.05) is 26.0 Å². The third kappa shape index (κ3) is 2.77. The molecule has 5 heteroatoms. The molecule has 0 bridgehead atoms. The van der Waals surface area contributed by atoms with E-state index in [0.717, 1.165) is 30.3 Å². The first-order valence-corrected chi connectivity index (χ1v) is 7.17. The zero-order valence-corrected chi connectivity index (χ0v) is 11.8. The maximum absolute atomic E-state index is 4.50. The minimum absolute atomic E-state index is 0.344. The van der Waals surface area contributed by atoms with E-state index in [9.17, 15) is 0 Å². The van der Waals surface area contributed by atoms with E-state index in [1.165, 1.54) is 30.8 Å². The van der Waals surface area contributed by atoms with Crippen LogP contribution in [-0.2, 0) is 6.42 Å². The van der Waals surface area contributed by atoms with Crippen LogP contribution in [0.2, 0.25) is 0 Å². The molecule has 0 saturated heterocycles. The molecule has 1 saturated carbocycles. The van der Waals surface area contributed by atoms with Gasteiger partial charge in [0.2, 0.25) is 5.13 Å². The van der Waals surface area contributed by atoms with Gasteiger partial charge >= 0.3 is 0 Å². The Bertz CT molecular complexity index is 357. The summed E-state index contributed by atoms with van der Waals surface area (Å²) in [6.45, 7) is 3.14. The molecule has 0 spiro atoms. The molecule has 96 valence electrons. The van der Waals surface area contributed by atoms with Gasteiger partial charge in [0.25, 0.3) is 0 Å². The minimum Gasteiger partial charge on any atom is -0.358 e. The molecule has 1 aromatic heterocycles. The summed E-state index contributed by atoms with van der Waals surface area (Å²) < 4.78 is 4.35. The van der Waals surface area contributed by atoms with Crippen LogP contribution < -0.4 is 5.32 Å². The van der Waals surface area contributed by atoms with Crippen LogP contribution in [0.5, 0.6) is 0 Å². The lowest BCUT2D eigenvalue weighted by molar-refractivity contribution is 0.0739. The average molecular weight is 254 g/mol. The zero-order chi connectivity index (χ0) is 12.3. The lowest BCUT2D eigenvalue weighted by Gasteiger charge is -2.47. The lowest BCUT2D eigenvalue weighted by Crippen LogP contribution is -2.54. The van der Waals surface area contributed by atoms with Crippen LogP contribution >= 0.6 is 11.5 Å². The zero-order valence-electron chi connectivity index (χ0n) is 11.0. The first-order chi connectivity index (χ1) is 8.16. The van der Waals surface area contributed by atoms with E-state index in [2.05, 4.69) is 40.6 Å². The summed E-state index contributed by atoms with van der Waals surface area (Å²) >= 11 is 1.49. The van der Waals surface area contributed by atoms with Crippen molar-refractivity contribution in [3.8, 4) is 0 Å². The van der Waals surface area contributed by atoms with Gasteiger partial charge in [-0.2, -0.15) is 4.37 Å². The van der Waals surface area contributed by atoms with Crippen molar-refractivity contribution in [1.82, 2.24) is 14.3 Å². The number of rotatable bonds is 6. The summed E-state index contributed by atoms with van der Waals surface area (Å²) in [6.07, 6.45) is 6.01. The molecule has 0 atom stereocenters. The second-order valence-electron chi connectivity index (χ2n) is 5.09. The Labute approximate surface area is 108 Å². The second kappa shape index (κ2) is 5.31. The molecule has 2 rings (SSSR count). The van der Waals surface area contributed by atoms with Crippen LogP contribution in [0.1, 0.15) is 38.4 Å². The van der Waals surface area contributed by atoms with Crippen molar-refractivity contribution < 1.29 is 0 Å². The maximum Gasteiger partial charge on any atom is 0.202 e. The third-order valence-corrected chi connectivity index (χ3v) is 4.45. The molecule has 1 aliphatic carbocycles. The van der Waals surface area contributed by atoms with Gasteiger partial charge in [-0.05, 0) is 39.8 Å². The largest absolute Gasteiger partial charge is 0.358 e. The predicted molar refractivity (Wildman–Crippen MR) is 72.7 cm³/mol. The van der Waals surface area contributed by atoms with Crippen molar-refractivity contribution in [3.63, 3.8) is 0 Å². The Kier molecular flexibility index (Phi) is 3.99. The maximum atomic E-state index is 4.50. The van der Waals surface area contributed by atoms with Crippen molar-refractivity contribution in [3.05, 3.63) is 5.82 Å². The van der Waals surface area contributed by atoms with Crippen LogP contribution in [0.3, 0.4) is 0 Å². The molecule has 0 amide bonds. The van der Waals surface area contributed by atoms with Gasteiger partial charge < -0.3 is 10.2 Å². The van der Waals surface area contributed by atoms with E-state index >= 15 is 0 Å². The molecule has 17 heavy (non-hydrogen) atoms. The molecule has 4 nitrogen and oxygen atoms in total. The van der Waals surface area contributed by atoms with E-state index in [1.807, 2.05) is 0 Å². The highest BCUT2D eigenvalue weighted by Gasteiger charge is 2.38. The van der Waals surface area contributed by atoms with Crippen LogP contribution in [-0.4, -0.2) is 40.4 Å². The Morgan fingerprint density at radius 3 is 2.71 bits per heavy atom. The molecule has 1 aliphatic rings. The van der Waals surface area contributed by atoms with Crippen LogP contribution in [0.4, 0.5) is 5.13 Å². The van der Waals surface area contributed by atoms with Crippen LogP contribution in [0.25, 0.3) is 0 Å². The van der Waals surface area contributed by atoms with Gasteiger partial charge in [0.15, 0.2) is 0 Å². The Hall–Kier alpha value is -0.680.